The third-order valence-electron chi connectivity index (χ3n) is 12.3. The van der Waals surface area contributed by atoms with Gasteiger partial charge < -0.3 is 45.7 Å². The number of likely N-dealkylation sites (tertiary alicyclic amines) is 2. The second kappa shape index (κ2) is 22.9. The highest BCUT2D eigenvalue weighted by molar-refractivity contribution is 5.79. The van der Waals surface area contributed by atoms with Gasteiger partial charge in [-0.15, -0.1) is 0 Å². The number of halogens is 2. The predicted molar refractivity (Wildman–Crippen MR) is 261 cm³/mol. The maximum absolute atomic E-state index is 13.4. The fourth-order valence-corrected chi connectivity index (χ4v) is 8.68. The predicted octanol–water partition coefficient (Wildman–Crippen LogP) is 7.18. The Kier molecular flexibility index (Phi) is 15.9. The number of fused-ring (bicyclic) bond motifs is 2. The molecule has 0 amide bonds. The van der Waals surface area contributed by atoms with E-state index in [0.717, 1.165) is 135 Å². The number of aromatic nitrogens is 8. The highest BCUT2D eigenvalue weighted by Gasteiger charge is 2.23. The summed E-state index contributed by atoms with van der Waals surface area (Å²) in [5.41, 5.74) is 6.20. The monoisotopic (exact) mass is 908 g/mol. The fourth-order valence-electron chi connectivity index (χ4n) is 8.68. The maximum Gasteiger partial charge on any atom is 0.204 e. The van der Waals surface area contributed by atoms with Gasteiger partial charge in [0.25, 0.3) is 0 Å². The Balaban J connectivity index is 0.000000179. The molecule has 17 heteroatoms. The summed E-state index contributed by atoms with van der Waals surface area (Å²) < 4.78 is 31.1. The zero-order valence-corrected chi connectivity index (χ0v) is 37.5. The zero-order valence-electron chi connectivity index (χ0n) is 37.5. The van der Waals surface area contributed by atoms with Crippen molar-refractivity contribution in [2.24, 2.45) is 0 Å². The molecule has 8 aromatic rings. The average Bonchev–Trinajstić information content (AvgIpc) is 3.88. The van der Waals surface area contributed by atoms with Gasteiger partial charge >= 0.3 is 0 Å². The maximum atomic E-state index is 13.4. The van der Waals surface area contributed by atoms with Crippen LogP contribution in [0.1, 0.15) is 36.8 Å². The molecule has 348 valence electrons. The van der Waals surface area contributed by atoms with Gasteiger partial charge in [0.1, 0.15) is 35.9 Å². The van der Waals surface area contributed by atoms with Crippen LogP contribution in [0.25, 0.3) is 22.1 Å². The van der Waals surface area contributed by atoms with E-state index >= 15 is 0 Å². The Morgan fingerprint density at radius 1 is 0.507 bits per heavy atom. The number of hydrogen-bond acceptors (Lipinski definition) is 12. The first-order chi connectivity index (χ1) is 32.5. The molecule has 2 saturated heterocycles. The van der Waals surface area contributed by atoms with Gasteiger partial charge in [0, 0.05) is 76.8 Å². The van der Waals surface area contributed by atoms with Crippen molar-refractivity contribution in [1.29, 1.82) is 0 Å². The standard InChI is InChI=1S/2C25H28FN7.H2O/c2*26-20-7-5-19(6-8-20)17-33-23-4-2-1-3-22(23)31-25(33)30-21-10-14-32(15-11-21)16-13-28-24-9-12-27-18-29-24;/h2*1-9,12,18,21H,10-11,13-17H2,(H,30,31)(H,27,28,29);1H2. The van der Waals surface area contributed by atoms with Gasteiger partial charge in [-0.3, -0.25) is 0 Å². The number of para-hydroxylation sites is 4. The van der Waals surface area contributed by atoms with E-state index in [0.29, 0.717) is 25.2 Å². The number of imidazole rings is 2. The molecule has 0 unspecified atom stereocenters. The third kappa shape index (κ3) is 12.6. The van der Waals surface area contributed by atoms with Crippen LogP contribution >= 0.6 is 0 Å². The van der Waals surface area contributed by atoms with Crippen LogP contribution in [0.3, 0.4) is 0 Å². The normalized spacial score (nSPS) is 14.8. The van der Waals surface area contributed by atoms with Gasteiger partial charge in [-0.25, -0.2) is 38.7 Å². The molecular weight excluding hydrogens is 851 g/mol. The van der Waals surface area contributed by atoms with Crippen LogP contribution in [0.2, 0.25) is 0 Å². The smallest absolute Gasteiger partial charge is 0.204 e. The molecule has 0 aliphatic carbocycles. The molecule has 4 aromatic carbocycles. The minimum Gasteiger partial charge on any atom is -0.412 e. The van der Waals surface area contributed by atoms with E-state index in [2.05, 4.69) is 72.3 Å². The minimum absolute atomic E-state index is 0. The Morgan fingerprint density at radius 2 is 0.910 bits per heavy atom. The number of piperidine rings is 2. The summed E-state index contributed by atoms with van der Waals surface area (Å²) in [4.78, 5) is 31.0. The van der Waals surface area contributed by atoms with E-state index < -0.39 is 0 Å². The molecule has 10 rings (SSSR count). The summed E-state index contributed by atoms with van der Waals surface area (Å²) >= 11 is 0. The van der Waals surface area contributed by atoms with Gasteiger partial charge in [-0.05, 0) is 97.5 Å². The van der Waals surface area contributed by atoms with Crippen LogP contribution < -0.4 is 21.3 Å². The summed E-state index contributed by atoms with van der Waals surface area (Å²) in [6.07, 6.45) is 10.9. The zero-order chi connectivity index (χ0) is 44.9. The summed E-state index contributed by atoms with van der Waals surface area (Å²) in [6.45, 7) is 9.17. The minimum atomic E-state index is -0.216. The van der Waals surface area contributed by atoms with Crippen LogP contribution in [0.15, 0.2) is 134 Å². The summed E-state index contributed by atoms with van der Waals surface area (Å²) in [5, 5.41) is 14.1. The number of nitrogens with zero attached hydrogens (tertiary/aromatic N) is 10. The Morgan fingerprint density at radius 3 is 1.30 bits per heavy atom. The average molecular weight is 909 g/mol. The van der Waals surface area contributed by atoms with Crippen molar-refractivity contribution in [1.82, 2.24) is 48.8 Å². The molecule has 6 N–H and O–H groups in total. The molecule has 0 saturated carbocycles. The number of rotatable bonds is 16. The molecule has 4 aromatic heterocycles. The molecule has 0 atom stereocenters. The first-order valence-corrected chi connectivity index (χ1v) is 22.9. The molecule has 2 fully saturated rings. The van der Waals surface area contributed by atoms with Crippen molar-refractivity contribution in [3.63, 3.8) is 0 Å². The van der Waals surface area contributed by atoms with Gasteiger partial charge in [0.2, 0.25) is 11.9 Å². The second-order valence-corrected chi connectivity index (χ2v) is 16.8. The molecular formula is C50H58F2N14O. The molecule has 2 aliphatic heterocycles. The quantitative estimate of drug-likeness (QED) is 0.0771. The van der Waals surface area contributed by atoms with Gasteiger partial charge in [-0.2, -0.15) is 0 Å². The van der Waals surface area contributed by atoms with E-state index in [-0.39, 0.29) is 17.1 Å². The Labute approximate surface area is 389 Å². The topological polar surface area (TPSA) is 173 Å². The lowest BCUT2D eigenvalue weighted by molar-refractivity contribution is 0.226. The lowest BCUT2D eigenvalue weighted by atomic mass is 10.1. The van der Waals surface area contributed by atoms with Crippen LogP contribution in [0, 0.1) is 11.6 Å². The van der Waals surface area contributed by atoms with Gasteiger partial charge in [-0.1, -0.05) is 48.5 Å². The van der Waals surface area contributed by atoms with Crippen molar-refractivity contribution in [3.05, 3.63) is 157 Å². The van der Waals surface area contributed by atoms with Crippen LogP contribution in [-0.4, -0.2) is 119 Å². The molecule has 0 radical (unpaired) electrons. The van der Waals surface area contributed by atoms with Crippen LogP contribution in [0.5, 0.6) is 0 Å². The summed E-state index contributed by atoms with van der Waals surface area (Å²) in [7, 11) is 0. The fraction of sp³-hybridized carbons (Fsp3) is 0.320. The highest BCUT2D eigenvalue weighted by atomic mass is 19.1. The lowest BCUT2D eigenvalue weighted by Crippen LogP contribution is -2.41. The van der Waals surface area contributed by atoms with E-state index in [1.807, 2.05) is 72.8 Å². The van der Waals surface area contributed by atoms with Gasteiger partial charge in [0.05, 0.1) is 35.2 Å². The lowest BCUT2D eigenvalue weighted by Gasteiger charge is -2.32. The molecule has 0 bridgehead atoms. The van der Waals surface area contributed by atoms with Gasteiger partial charge in [0.15, 0.2) is 0 Å². The third-order valence-corrected chi connectivity index (χ3v) is 12.3. The summed E-state index contributed by atoms with van der Waals surface area (Å²) in [5.74, 6) is 3.05. The molecule has 2 aliphatic rings. The first kappa shape index (κ1) is 46.4. The van der Waals surface area contributed by atoms with E-state index in [1.165, 1.54) is 24.3 Å². The number of benzene rings is 4. The Bertz CT molecular complexity index is 2530. The van der Waals surface area contributed by atoms with E-state index in [9.17, 15) is 8.78 Å². The van der Waals surface area contributed by atoms with Crippen molar-refractivity contribution in [2.45, 2.75) is 50.9 Å². The largest absolute Gasteiger partial charge is 0.412 e. The SMILES string of the molecule is Fc1ccc(Cn2c(NC3CCN(CCNc4ccncn4)CC3)nc3ccccc32)cc1.Fc1ccc(Cn2c(NC3CCN(CCNc4ccncn4)CC3)nc3ccccc32)cc1.O. The molecule has 6 heterocycles. The first-order valence-electron chi connectivity index (χ1n) is 22.9. The van der Waals surface area contributed by atoms with E-state index in [1.54, 1.807) is 25.0 Å². The molecule has 67 heavy (non-hydrogen) atoms. The van der Waals surface area contributed by atoms with Crippen molar-refractivity contribution >= 4 is 45.6 Å². The Hall–Kier alpha value is -7.08. The van der Waals surface area contributed by atoms with Crippen molar-refractivity contribution in [2.75, 3.05) is 73.6 Å². The van der Waals surface area contributed by atoms with Crippen molar-refractivity contribution < 1.29 is 14.3 Å². The highest BCUT2D eigenvalue weighted by Crippen LogP contribution is 2.26. The molecule has 0 spiro atoms. The number of anilines is 4. The van der Waals surface area contributed by atoms with Crippen molar-refractivity contribution in [3.8, 4) is 0 Å². The van der Waals surface area contributed by atoms with Crippen LogP contribution in [0.4, 0.5) is 32.3 Å². The number of hydrogen-bond donors (Lipinski definition) is 4. The molecule has 15 nitrogen and oxygen atoms in total. The number of nitrogens with one attached hydrogen (secondary N) is 4. The second-order valence-electron chi connectivity index (χ2n) is 16.8. The van der Waals surface area contributed by atoms with Crippen LogP contribution in [-0.2, 0) is 13.1 Å². The summed E-state index contributed by atoms with van der Waals surface area (Å²) in [6, 6.07) is 34.2. The van der Waals surface area contributed by atoms with E-state index in [4.69, 9.17) is 9.97 Å².